The second kappa shape index (κ2) is 10.1. The summed E-state index contributed by atoms with van der Waals surface area (Å²) in [6.07, 6.45) is 2.43. The molecule has 0 aromatic rings. The molecule has 78 valence electrons. The van der Waals surface area contributed by atoms with Crippen LogP contribution in [0.3, 0.4) is 0 Å². The minimum Gasteiger partial charge on any atom is -0.371 e. The Balaban J connectivity index is 3.47. The van der Waals surface area contributed by atoms with Crippen LogP contribution in [0, 0.1) is 0 Å². The summed E-state index contributed by atoms with van der Waals surface area (Å²) in [6.45, 7) is 4.87. The summed E-state index contributed by atoms with van der Waals surface area (Å²) < 4.78 is 15.9. The van der Waals surface area contributed by atoms with E-state index in [1.54, 1.807) is 0 Å². The van der Waals surface area contributed by atoms with Crippen molar-refractivity contribution in [3.8, 4) is 0 Å². The third-order valence-electron chi connectivity index (χ3n) is 1.18. The number of hydrogen-bond donors (Lipinski definition) is 1. The Labute approximate surface area is 82.7 Å². The van der Waals surface area contributed by atoms with Crippen molar-refractivity contribution in [1.29, 1.82) is 0 Å². The lowest BCUT2D eigenvalue weighted by Crippen LogP contribution is -2.27. The molecule has 5 heteroatoms. The lowest BCUT2D eigenvalue weighted by Gasteiger charge is -2.17. The van der Waals surface area contributed by atoms with Crippen LogP contribution in [-0.2, 0) is 13.9 Å². The van der Waals surface area contributed by atoms with Gasteiger partial charge < -0.3 is 19.6 Å². The molecule has 2 N–H and O–H groups in total. The van der Waals surface area contributed by atoms with Gasteiger partial charge in [-0.2, -0.15) is 0 Å². The first-order chi connectivity index (χ1) is 6.35. The molecule has 0 heterocycles. The van der Waals surface area contributed by atoms with Crippen LogP contribution < -0.4 is 5.73 Å². The zero-order chi connectivity index (χ0) is 9.94. The highest BCUT2D eigenvalue weighted by Gasteiger charge is 2.07. The highest BCUT2D eigenvalue weighted by atomic mass is 28.2. The number of nitrogens with two attached hydrogens (primary N) is 1. The van der Waals surface area contributed by atoms with Crippen LogP contribution in [0.25, 0.3) is 0 Å². The largest absolute Gasteiger partial charge is 0.371 e. The molecule has 0 saturated heterocycles. The molecular formula is C8H19NO3Si. The molecular weight excluding hydrogens is 186 g/mol. The molecule has 0 amide bonds. The average molecular weight is 205 g/mol. The van der Waals surface area contributed by atoms with E-state index in [1.165, 1.54) is 0 Å². The van der Waals surface area contributed by atoms with Gasteiger partial charge in [0.2, 0.25) is 0 Å². The van der Waals surface area contributed by atoms with Crippen LogP contribution in [0.5, 0.6) is 0 Å². The Morgan fingerprint density at radius 3 is 2.08 bits per heavy atom. The van der Waals surface area contributed by atoms with Crippen LogP contribution in [0.2, 0.25) is 0 Å². The van der Waals surface area contributed by atoms with E-state index in [0.717, 1.165) is 12.8 Å². The lowest BCUT2D eigenvalue weighted by atomic mass is 10.5. The zero-order valence-corrected chi connectivity index (χ0v) is 9.41. The summed E-state index contributed by atoms with van der Waals surface area (Å²) in [5.41, 5.74) is 5.31. The van der Waals surface area contributed by atoms with Gasteiger partial charge in [-0.1, -0.05) is 13.8 Å². The standard InChI is InChI=1S/C8H19NO3Si/c1-3-5-10-8(11-6-4-2)12-13-7-9/h8H,3-7,9H2,1-2H3. The van der Waals surface area contributed by atoms with E-state index in [9.17, 15) is 0 Å². The van der Waals surface area contributed by atoms with Crippen molar-refractivity contribution >= 4 is 9.76 Å². The molecule has 0 unspecified atom stereocenters. The molecule has 2 radical (unpaired) electrons. The summed E-state index contributed by atoms with van der Waals surface area (Å²) in [6, 6.07) is 0. The molecule has 13 heavy (non-hydrogen) atoms. The van der Waals surface area contributed by atoms with E-state index in [1.807, 2.05) is 13.8 Å². The minimum atomic E-state index is -0.526. The Morgan fingerprint density at radius 1 is 1.15 bits per heavy atom. The van der Waals surface area contributed by atoms with Gasteiger partial charge in [-0.15, -0.1) is 0 Å². The van der Waals surface area contributed by atoms with Gasteiger partial charge in [-0.25, -0.2) is 0 Å². The first-order valence-electron chi connectivity index (χ1n) is 4.66. The Hall–Kier alpha value is 0.0569. The normalized spacial score (nSPS) is 11.1. The summed E-state index contributed by atoms with van der Waals surface area (Å²) in [7, 11) is 0.245. The van der Waals surface area contributed by atoms with Crippen molar-refractivity contribution in [3.05, 3.63) is 0 Å². The first kappa shape index (κ1) is 13.1. The fourth-order valence-electron chi connectivity index (χ4n) is 0.660. The number of hydrogen-bond acceptors (Lipinski definition) is 4. The molecule has 0 aliphatic carbocycles. The van der Waals surface area contributed by atoms with Gasteiger partial charge in [0.15, 0.2) is 0 Å². The van der Waals surface area contributed by atoms with E-state index >= 15 is 0 Å². The van der Waals surface area contributed by atoms with Crippen molar-refractivity contribution in [1.82, 2.24) is 0 Å². The lowest BCUT2D eigenvalue weighted by molar-refractivity contribution is -0.247. The van der Waals surface area contributed by atoms with E-state index < -0.39 is 6.48 Å². The van der Waals surface area contributed by atoms with Crippen molar-refractivity contribution in [2.75, 3.05) is 19.4 Å². The van der Waals surface area contributed by atoms with E-state index in [0.29, 0.717) is 19.4 Å². The van der Waals surface area contributed by atoms with E-state index in [-0.39, 0.29) is 9.76 Å². The molecule has 0 saturated carbocycles. The maximum absolute atomic E-state index is 5.31. The Morgan fingerprint density at radius 2 is 1.69 bits per heavy atom. The Bertz CT molecular complexity index is 86.4. The topological polar surface area (TPSA) is 53.7 Å². The third-order valence-corrected chi connectivity index (χ3v) is 1.70. The quantitative estimate of drug-likeness (QED) is 0.444. The number of rotatable bonds is 9. The molecule has 0 atom stereocenters. The molecule has 0 spiro atoms. The van der Waals surface area contributed by atoms with Gasteiger partial charge in [0.05, 0.1) is 13.2 Å². The van der Waals surface area contributed by atoms with Gasteiger partial charge in [0.1, 0.15) is 0 Å². The molecule has 4 nitrogen and oxygen atoms in total. The molecule has 0 bridgehead atoms. The maximum atomic E-state index is 5.31. The van der Waals surface area contributed by atoms with Crippen molar-refractivity contribution < 1.29 is 13.9 Å². The second-order valence-corrected chi connectivity index (χ2v) is 3.43. The maximum Gasteiger partial charge on any atom is 0.261 e. The highest BCUT2D eigenvalue weighted by molar-refractivity contribution is 6.27. The van der Waals surface area contributed by atoms with Crippen molar-refractivity contribution in [3.63, 3.8) is 0 Å². The van der Waals surface area contributed by atoms with E-state index in [2.05, 4.69) is 0 Å². The summed E-state index contributed by atoms with van der Waals surface area (Å²) in [5.74, 6) is 0. The van der Waals surface area contributed by atoms with E-state index in [4.69, 9.17) is 19.6 Å². The van der Waals surface area contributed by atoms with Gasteiger partial charge in [0.25, 0.3) is 16.2 Å². The van der Waals surface area contributed by atoms with Crippen LogP contribution >= 0.6 is 0 Å². The molecule has 0 aliphatic rings. The van der Waals surface area contributed by atoms with Crippen molar-refractivity contribution in [2.45, 2.75) is 33.2 Å². The molecule has 0 aromatic heterocycles. The smallest absolute Gasteiger partial charge is 0.261 e. The Kier molecular flexibility index (Phi) is 10.2. The van der Waals surface area contributed by atoms with Crippen LogP contribution in [-0.4, -0.2) is 35.6 Å². The van der Waals surface area contributed by atoms with Gasteiger partial charge in [-0.05, 0) is 12.8 Å². The van der Waals surface area contributed by atoms with Gasteiger partial charge in [-0.3, -0.25) is 0 Å². The predicted octanol–water partition coefficient (Wildman–Crippen LogP) is 0.675. The zero-order valence-electron chi connectivity index (χ0n) is 8.41. The number of ether oxygens (including phenoxy) is 2. The molecule has 0 rings (SSSR count). The van der Waals surface area contributed by atoms with Crippen molar-refractivity contribution in [2.24, 2.45) is 5.73 Å². The van der Waals surface area contributed by atoms with Gasteiger partial charge in [0, 0.05) is 6.17 Å². The summed E-state index contributed by atoms with van der Waals surface area (Å²) in [4.78, 5) is 0. The van der Waals surface area contributed by atoms with Crippen LogP contribution in [0.4, 0.5) is 0 Å². The third kappa shape index (κ3) is 8.39. The highest BCUT2D eigenvalue weighted by Crippen LogP contribution is 1.98. The first-order valence-corrected chi connectivity index (χ1v) is 5.78. The minimum absolute atomic E-state index is 0.245. The summed E-state index contributed by atoms with van der Waals surface area (Å²) >= 11 is 0. The predicted molar refractivity (Wildman–Crippen MR) is 52.2 cm³/mol. The fourth-order valence-corrected chi connectivity index (χ4v) is 1.03. The molecule has 0 aromatic carbocycles. The fraction of sp³-hybridized carbons (Fsp3) is 1.00. The molecule has 0 fully saturated rings. The van der Waals surface area contributed by atoms with Crippen LogP contribution in [0.1, 0.15) is 26.7 Å². The van der Waals surface area contributed by atoms with Gasteiger partial charge >= 0.3 is 0 Å². The second-order valence-electron chi connectivity index (χ2n) is 2.50. The SMILES string of the molecule is CCCOC(OCCC)O[Si]CN. The molecule has 0 aliphatic heterocycles. The monoisotopic (exact) mass is 205 g/mol. The average Bonchev–Trinajstić information content (AvgIpc) is 2.17. The summed E-state index contributed by atoms with van der Waals surface area (Å²) in [5, 5.41) is 0. The van der Waals surface area contributed by atoms with Crippen LogP contribution in [0.15, 0.2) is 0 Å².